The molecule has 9 heteroatoms. The van der Waals surface area contributed by atoms with E-state index in [9.17, 15) is 24.8 Å². The van der Waals surface area contributed by atoms with E-state index in [-0.39, 0.29) is 22.9 Å². The van der Waals surface area contributed by atoms with E-state index in [1.165, 1.54) is 36.4 Å². The number of hydrogen-bond donors (Lipinski definition) is 1. The maximum atomic E-state index is 12.5. The fourth-order valence-corrected chi connectivity index (χ4v) is 3.67. The van der Waals surface area contributed by atoms with Crippen LogP contribution >= 0.6 is 34.4 Å². The molecule has 3 rings (SSSR count). The predicted octanol–water partition coefficient (Wildman–Crippen LogP) is 4.14. The molecule has 0 aromatic heterocycles. The van der Waals surface area contributed by atoms with Crippen LogP contribution in [-0.4, -0.2) is 26.1 Å². The number of thioether (sulfide) groups is 1. The lowest BCUT2D eigenvalue weighted by Gasteiger charge is -2.12. The minimum Gasteiger partial charge on any atom is -0.507 e. The van der Waals surface area contributed by atoms with Gasteiger partial charge in [-0.1, -0.05) is 12.1 Å². The van der Waals surface area contributed by atoms with Crippen molar-refractivity contribution in [3.63, 3.8) is 0 Å². The van der Waals surface area contributed by atoms with Crippen LogP contribution in [0, 0.1) is 13.7 Å². The van der Waals surface area contributed by atoms with Gasteiger partial charge >= 0.3 is 0 Å². The summed E-state index contributed by atoms with van der Waals surface area (Å²) in [4.78, 5) is 36.2. The molecule has 1 aliphatic rings. The molecule has 132 valence electrons. The Bertz CT molecular complexity index is 943. The molecule has 0 unspecified atom stereocenters. The normalized spacial score (nSPS) is 15.7. The van der Waals surface area contributed by atoms with Crippen LogP contribution in [0.3, 0.4) is 0 Å². The second-order valence-electron chi connectivity index (χ2n) is 5.39. The van der Waals surface area contributed by atoms with Crippen molar-refractivity contribution < 1.29 is 19.6 Å². The number of carbonyl (C=O) groups excluding carboxylic acids is 2. The van der Waals surface area contributed by atoms with Gasteiger partial charge in [0, 0.05) is 21.3 Å². The van der Waals surface area contributed by atoms with E-state index in [0.717, 1.165) is 20.2 Å². The molecule has 0 radical (unpaired) electrons. The van der Waals surface area contributed by atoms with Crippen LogP contribution in [0.2, 0.25) is 0 Å². The lowest BCUT2D eigenvalue weighted by Crippen LogP contribution is -2.27. The first kappa shape index (κ1) is 18.4. The molecule has 26 heavy (non-hydrogen) atoms. The number of nitro groups is 1. The van der Waals surface area contributed by atoms with E-state index in [4.69, 9.17) is 0 Å². The zero-order valence-corrected chi connectivity index (χ0v) is 16.1. The van der Waals surface area contributed by atoms with E-state index in [1.807, 2.05) is 0 Å². The summed E-state index contributed by atoms with van der Waals surface area (Å²) >= 11 is 2.88. The number of non-ortho nitro benzene ring substituents is 1. The number of carbonyl (C=O) groups is 2. The highest BCUT2D eigenvalue weighted by Gasteiger charge is 2.35. The molecule has 0 aliphatic carbocycles. The lowest BCUT2D eigenvalue weighted by molar-refractivity contribution is -0.384. The first-order valence-electron chi connectivity index (χ1n) is 7.32. The molecule has 0 spiro atoms. The third-order valence-electron chi connectivity index (χ3n) is 3.64. The van der Waals surface area contributed by atoms with Gasteiger partial charge in [0.2, 0.25) is 0 Å². The predicted molar refractivity (Wildman–Crippen MR) is 105 cm³/mol. The quantitative estimate of drug-likeness (QED) is 0.304. The molecule has 2 aromatic carbocycles. The van der Waals surface area contributed by atoms with Crippen molar-refractivity contribution in [3.05, 3.63) is 72.2 Å². The van der Waals surface area contributed by atoms with E-state index in [2.05, 4.69) is 22.6 Å². The molecule has 1 heterocycles. The topological polar surface area (TPSA) is 101 Å². The standard InChI is InChI=1S/C17H11IN2O5S/c18-12-3-6-14(21)11(7-12)8-15-16(22)19(17(23)26-15)9-10-1-4-13(5-2-10)20(24)25/h1-8,21H,9H2/b15-8-. The molecule has 2 amide bonds. The number of phenolic OH excluding ortho intramolecular Hbond substituents is 1. The van der Waals surface area contributed by atoms with Gasteiger partial charge in [0.15, 0.2) is 0 Å². The molecule has 0 atom stereocenters. The van der Waals surface area contributed by atoms with Crippen LogP contribution in [-0.2, 0) is 11.3 Å². The smallest absolute Gasteiger partial charge is 0.293 e. The number of halogens is 1. The van der Waals surface area contributed by atoms with Crippen molar-refractivity contribution in [3.8, 4) is 5.75 Å². The average Bonchev–Trinajstić information content (AvgIpc) is 2.86. The van der Waals surface area contributed by atoms with Crippen molar-refractivity contribution in [2.45, 2.75) is 6.54 Å². The number of phenols is 1. The van der Waals surface area contributed by atoms with Gasteiger partial charge in [-0.05, 0) is 64.2 Å². The number of aromatic hydroxyl groups is 1. The Kier molecular flexibility index (Phi) is 5.28. The number of nitrogens with zero attached hydrogens (tertiary/aromatic N) is 2. The van der Waals surface area contributed by atoms with Crippen molar-refractivity contribution in [1.82, 2.24) is 4.90 Å². The van der Waals surface area contributed by atoms with Crippen molar-refractivity contribution in [2.24, 2.45) is 0 Å². The molecule has 1 N–H and O–H groups in total. The Labute approximate surface area is 166 Å². The Morgan fingerprint density at radius 2 is 1.88 bits per heavy atom. The molecule has 2 aromatic rings. The molecule has 1 fully saturated rings. The highest BCUT2D eigenvalue weighted by Crippen LogP contribution is 2.35. The van der Waals surface area contributed by atoms with E-state index < -0.39 is 16.1 Å². The summed E-state index contributed by atoms with van der Waals surface area (Å²) in [5, 5.41) is 20.2. The highest BCUT2D eigenvalue weighted by molar-refractivity contribution is 14.1. The van der Waals surface area contributed by atoms with Gasteiger partial charge in [0.1, 0.15) is 5.75 Å². The number of hydrogen-bond acceptors (Lipinski definition) is 6. The van der Waals surface area contributed by atoms with Gasteiger partial charge < -0.3 is 5.11 Å². The number of rotatable bonds is 4. The van der Waals surface area contributed by atoms with Gasteiger partial charge in [-0.3, -0.25) is 24.6 Å². The number of imide groups is 1. The Morgan fingerprint density at radius 3 is 2.54 bits per heavy atom. The monoisotopic (exact) mass is 482 g/mol. The second kappa shape index (κ2) is 7.46. The van der Waals surface area contributed by atoms with Crippen LogP contribution in [0.4, 0.5) is 10.5 Å². The number of benzene rings is 2. The van der Waals surface area contributed by atoms with Gasteiger partial charge in [-0.25, -0.2) is 0 Å². The van der Waals surface area contributed by atoms with Crippen molar-refractivity contribution >= 4 is 57.3 Å². The summed E-state index contributed by atoms with van der Waals surface area (Å²) in [6.45, 7) is 0.0261. The summed E-state index contributed by atoms with van der Waals surface area (Å²) in [6.07, 6.45) is 1.48. The van der Waals surface area contributed by atoms with Crippen molar-refractivity contribution in [1.29, 1.82) is 0 Å². The molecule has 0 saturated carbocycles. The average molecular weight is 482 g/mol. The minimum absolute atomic E-state index is 0.0209. The summed E-state index contributed by atoms with van der Waals surface area (Å²) in [7, 11) is 0. The summed E-state index contributed by atoms with van der Waals surface area (Å²) in [5.41, 5.74) is 1.01. The molecule has 7 nitrogen and oxygen atoms in total. The second-order valence-corrected chi connectivity index (χ2v) is 7.63. The third-order valence-corrected chi connectivity index (χ3v) is 5.22. The van der Waals surface area contributed by atoms with E-state index >= 15 is 0 Å². The van der Waals surface area contributed by atoms with Gasteiger partial charge in [0.05, 0.1) is 16.4 Å². The number of amides is 2. The maximum absolute atomic E-state index is 12.5. The van der Waals surface area contributed by atoms with Crippen molar-refractivity contribution in [2.75, 3.05) is 0 Å². The van der Waals surface area contributed by atoms with Crippen LogP contribution in [0.25, 0.3) is 6.08 Å². The summed E-state index contributed by atoms with van der Waals surface area (Å²) in [6, 6.07) is 10.6. The van der Waals surface area contributed by atoms with Crippen LogP contribution < -0.4 is 0 Å². The largest absolute Gasteiger partial charge is 0.507 e. The third kappa shape index (κ3) is 3.88. The van der Waals surface area contributed by atoms with Crippen LogP contribution in [0.1, 0.15) is 11.1 Å². The van der Waals surface area contributed by atoms with E-state index in [1.54, 1.807) is 12.1 Å². The summed E-state index contributed by atoms with van der Waals surface area (Å²) < 4.78 is 0.886. The van der Waals surface area contributed by atoms with Gasteiger partial charge in [-0.15, -0.1) is 0 Å². The van der Waals surface area contributed by atoms with Gasteiger partial charge in [-0.2, -0.15) is 0 Å². The molecule has 1 aliphatic heterocycles. The number of nitro benzene ring substituents is 1. The Hall–Kier alpha value is -2.40. The first-order chi connectivity index (χ1) is 12.3. The molecular weight excluding hydrogens is 471 g/mol. The lowest BCUT2D eigenvalue weighted by atomic mass is 10.1. The summed E-state index contributed by atoms with van der Waals surface area (Å²) in [5.74, 6) is -0.441. The van der Waals surface area contributed by atoms with Crippen LogP contribution in [0.5, 0.6) is 5.75 Å². The fourth-order valence-electron chi connectivity index (χ4n) is 2.32. The maximum Gasteiger partial charge on any atom is 0.293 e. The Balaban J connectivity index is 1.81. The van der Waals surface area contributed by atoms with Crippen LogP contribution in [0.15, 0.2) is 47.4 Å². The van der Waals surface area contributed by atoms with E-state index in [0.29, 0.717) is 11.1 Å². The minimum atomic E-state index is -0.514. The molecule has 0 bridgehead atoms. The first-order valence-corrected chi connectivity index (χ1v) is 9.22. The fraction of sp³-hybridized carbons (Fsp3) is 0.0588. The van der Waals surface area contributed by atoms with Gasteiger partial charge in [0.25, 0.3) is 16.8 Å². The zero-order chi connectivity index (χ0) is 18.8. The zero-order valence-electron chi connectivity index (χ0n) is 13.1. The molecule has 1 saturated heterocycles. The highest BCUT2D eigenvalue weighted by atomic mass is 127. The molecular formula is C17H11IN2O5S. The SMILES string of the molecule is O=C1S/C(=C\c2cc(I)ccc2O)C(=O)N1Cc1ccc([N+](=O)[O-])cc1. The Morgan fingerprint density at radius 1 is 1.19 bits per heavy atom.